The Hall–Kier alpha value is -3.17. The maximum absolute atomic E-state index is 13.2. The van der Waals surface area contributed by atoms with Crippen LogP contribution in [0.4, 0.5) is 5.69 Å². The molecule has 2 heterocycles. The van der Waals surface area contributed by atoms with Gasteiger partial charge in [0.15, 0.2) is 0 Å². The van der Waals surface area contributed by atoms with E-state index in [9.17, 15) is 14.9 Å². The summed E-state index contributed by atoms with van der Waals surface area (Å²) >= 11 is 0. The van der Waals surface area contributed by atoms with Gasteiger partial charge in [-0.3, -0.25) is 14.5 Å². The minimum Gasteiger partial charge on any atom is -0.367 e. The molecule has 29 heavy (non-hydrogen) atoms. The van der Waals surface area contributed by atoms with E-state index >= 15 is 0 Å². The highest BCUT2D eigenvalue weighted by molar-refractivity contribution is 5.93. The predicted octanol–water partition coefficient (Wildman–Crippen LogP) is 2.05. The Labute approximate surface area is 170 Å². The summed E-state index contributed by atoms with van der Waals surface area (Å²) in [4.78, 5) is 31.3. The second-order valence-corrected chi connectivity index (χ2v) is 7.59. The fraction of sp³-hybridized carbons (Fsp3) is 0.348. The number of nitriles is 1. The van der Waals surface area contributed by atoms with Crippen molar-refractivity contribution in [3.8, 4) is 6.07 Å². The van der Waals surface area contributed by atoms with E-state index in [1.165, 1.54) is 0 Å². The van der Waals surface area contributed by atoms with Crippen LogP contribution < -0.4 is 4.90 Å². The molecule has 2 saturated heterocycles. The number of carbonyl (C=O) groups excluding carboxylic acids is 2. The summed E-state index contributed by atoms with van der Waals surface area (Å²) in [5.41, 5.74) is 2.68. The molecule has 2 aromatic rings. The van der Waals surface area contributed by atoms with Crippen molar-refractivity contribution in [2.24, 2.45) is 0 Å². The van der Waals surface area contributed by atoms with Crippen molar-refractivity contribution in [3.63, 3.8) is 0 Å². The minimum absolute atomic E-state index is 0.0417. The van der Waals surface area contributed by atoms with Crippen LogP contribution in [0.5, 0.6) is 0 Å². The third-order valence-electron chi connectivity index (χ3n) is 5.71. The number of anilines is 1. The highest BCUT2D eigenvalue weighted by atomic mass is 16.2. The van der Waals surface area contributed by atoms with Crippen molar-refractivity contribution in [1.29, 1.82) is 5.26 Å². The van der Waals surface area contributed by atoms with Crippen LogP contribution in [0.2, 0.25) is 0 Å². The number of carbonyl (C=O) groups is 2. The Morgan fingerprint density at radius 1 is 1.00 bits per heavy atom. The number of Topliss-reactive ketones (excluding diaryl/α,β-unsaturated/α-hetero) is 1. The lowest BCUT2D eigenvalue weighted by Crippen LogP contribution is -2.53. The fourth-order valence-corrected chi connectivity index (χ4v) is 4.20. The standard InChI is InChI=1S/C23H24N4O2/c24-15-19-8-4-5-9-21(19)25-10-12-26(13-11-25)23(29)22-14-20(28)17-27(22)16-18-6-2-1-3-7-18/h1-9,22H,10-14,16-17H2/t22-/m0/s1. The van der Waals surface area contributed by atoms with Gasteiger partial charge in [-0.05, 0) is 17.7 Å². The van der Waals surface area contributed by atoms with Crippen LogP contribution in [-0.2, 0) is 16.1 Å². The van der Waals surface area contributed by atoms with Gasteiger partial charge < -0.3 is 9.80 Å². The van der Waals surface area contributed by atoms with Gasteiger partial charge in [0.05, 0.1) is 23.8 Å². The van der Waals surface area contributed by atoms with E-state index in [0.717, 1.165) is 11.3 Å². The molecule has 2 aromatic carbocycles. The van der Waals surface area contributed by atoms with Gasteiger partial charge in [-0.2, -0.15) is 5.26 Å². The Bertz CT molecular complexity index is 929. The molecule has 2 fully saturated rings. The van der Waals surface area contributed by atoms with Gasteiger partial charge in [0, 0.05) is 39.1 Å². The molecule has 0 spiro atoms. The predicted molar refractivity (Wildman–Crippen MR) is 110 cm³/mol. The topological polar surface area (TPSA) is 67.6 Å². The molecule has 2 aliphatic rings. The number of nitrogens with zero attached hydrogens (tertiary/aromatic N) is 4. The monoisotopic (exact) mass is 388 g/mol. The third-order valence-corrected chi connectivity index (χ3v) is 5.71. The molecule has 148 valence electrons. The van der Waals surface area contributed by atoms with Crippen molar-refractivity contribution in [3.05, 3.63) is 65.7 Å². The lowest BCUT2D eigenvalue weighted by Gasteiger charge is -2.38. The molecule has 4 rings (SSSR count). The summed E-state index contributed by atoms with van der Waals surface area (Å²) in [7, 11) is 0. The van der Waals surface area contributed by atoms with Crippen molar-refractivity contribution < 1.29 is 9.59 Å². The van der Waals surface area contributed by atoms with E-state index in [1.54, 1.807) is 0 Å². The molecule has 0 bridgehead atoms. The fourth-order valence-electron chi connectivity index (χ4n) is 4.20. The Morgan fingerprint density at radius 2 is 1.69 bits per heavy atom. The number of ketones is 1. The van der Waals surface area contributed by atoms with Gasteiger partial charge in [0.1, 0.15) is 11.9 Å². The second-order valence-electron chi connectivity index (χ2n) is 7.59. The van der Waals surface area contributed by atoms with E-state index in [0.29, 0.717) is 51.3 Å². The van der Waals surface area contributed by atoms with Crippen LogP contribution in [0.1, 0.15) is 17.5 Å². The Kier molecular flexibility index (Phi) is 5.59. The van der Waals surface area contributed by atoms with Crippen LogP contribution >= 0.6 is 0 Å². The van der Waals surface area contributed by atoms with Gasteiger partial charge in [0.2, 0.25) is 5.91 Å². The molecule has 0 N–H and O–H groups in total. The molecule has 0 unspecified atom stereocenters. The zero-order chi connectivity index (χ0) is 20.2. The zero-order valence-electron chi connectivity index (χ0n) is 16.3. The summed E-state index contributed by atoms with van der Waals surface area (Å²) in [6.07, 6.45) is 0.295. The highest BCUT2D eigenvalue weighted by Crippen LogP contribution is 2.24. The van der Waals surface area contributed by atoms with Crippen LogP contribution in [0.3, 0.4) is 0 Å². The molecule has 0 aliphatic carbocycles. The van der Waals surface area contributed by atoms with Crippen LogP contribution in [0, 0.1) is 11.3 Å². The summed E-state index contributed by atoms with van der Waals surface area (Å²) in [6.45, 7) is 3.51. The largest absolute Gasteiger partial charge is 0.367 e. The van der Waals surface area contributed by atoms with Crippen molar-refractivity contribution in [2.45, 2.75) is 19.0 Å². The summed E-state index contributed by atoms with van der Waals surface area (Å²) < 4.78 is 0. The zero-order valence-corrected chi connectivity index (χ0v) is 16.3. The first-order valence-electron chi connectivity index (χ1n) is 9.98. The molecule has 2 aliphatic heterocycles. The first-order chi connectivity index (χ1) is 14.2. The summed E-state index contributed by atoms with van der Waals surface area (Å²) in [5.74, 6) is 0.167. The molecule has 1 amide bonds. The Morgan fingerprint density at radius 3 is 2.41 bits per heavy atom. The van der Waals surface area contributed by atoms with Crippen molar-refractivity contribution in [2.75, 3.05) is 37.6 Å². The quantitative estimate of drug-likeness (QED) is 0.802. The third kappa shape index (κ3) is 4.15. The minimum atomic E-state index is -0.374. The average molecular weight is 388 g/mol. The number of benzene rings is 2. The number of likely N-dealkylation sites (tertiary alicyclic amines) is 1. The molecule has 0 aromatic heterocycles. The SMILES string of the molecule is N#Cc1ccccc1N1CCN(C(=O)[C@@H]2CC(=O)CN2Cc2ccccc2)CC1. The van der Waals surface area contributed by atoms with Crippen molar-refractivity contribution >= 4 is 17.4 Å². The van der Waals surface area contributed by atoms with E-state index in [1.807, 2.05) is 64.4 Å². The number of rotatable bonds is 4. The van der Waals surface area contributed by atoms with Gasteiger partial charge in [-0.1, -0.05) is 42.5 Å². The first-order valence-corrected chi connectivity index (χ1v) is 9.98. The van der Waals surface area contributed by atoms with Gasteiger partial charge in [-0.25, -0.2) is 0 Å². The second kappa shape index (κ2) is 8.46. The van der Waals surface area contributed by atoms with Crippen LogP contribution in [0.15, 0.2) is 54.6 Å². The number of amides is 1. The van der Waals surface area contributed by atoms with E-state index in [4.69, 9.17) is 0 Å². The molecule has 6 nitrogen and oxygen atoms in total. The smallest absolute Gasteiger partial charge is 0.240 e. The number of piperazine rings is 1. The Balaban J connectivity index is 1.41. The first kappa shape index (κ1) is 19.2. The summed E-state index contributed by atoms with van der Waals surface area (Å²) in [5, 5.41) is 9.33. The average Bonchev–Trinajstić information content (AvgIpc) is 3.14. The maximum Gasteiger partial charge on any atom is 0.240 e. The van der Waals surface area contributed by atoms with Crippen LogP contribution in [0.25, 0.3) is 0 Å². The lowest BCUT2D eigenvalue weighted by atomic mass is 10.1. The van der Waals surface area contributed by atoms with E-state index in [2.05, 4.69) is 11.0 Å². The van der Waals surface area contributed by atoms with Gasteiger partial charge in [0.25, 0.3) is 0 Å². The normalized spacial score (nSPS) is 20.0. The highest BCUT2D eigenvalue weighted by Gasteiger charge is 2.38. The molecule has 6 heteroatoms. The van der Waals surface area contributed by atoms with E-state index in [-0.39, 0.29) is 17.7 Å². The van der Waals surface area contributed by atoms with E-state index < -0.39 is 0 Å². The molecular formula is C23H24N4O2. The molecular weight excluding hydrogens is 364 g/mol. The number of para-hydroxylation sites is 1. The lowest BCUT2D eigenvalue weighted by molar-refractivity contribution is -0.136. The van der Waals surface area contributed by atoms with Crippen molar-refractivity contribution in [1.82, 2.24) is 9.80 Å². The number of hydrogen-bond acceptors (Lipinski definition) is 5. The van der Waals surface area contributed by atoms with Crippen LogP contribution in [-0.4, -0.2) is 60.3 Å². The van der Waals surface area contributed by atoms with Gasteiger partial charge >= 0.3 is 0 Å². The molecule has 0 radical (unpaired) electrons. The maximum atomic E-state index is 13.2. The van der Waals surface area contributed by atoms with Gasteiger partial charge in [-0.15, -0.1) is 0 Å². The summed E-state index contributed by atoms with van der Waals surface area (Å²) in [6, 6.07) is 19.4. The molecule has 1 atom stereocenters. The molecule has 0 saturated carbocycles. The number of hydrogen-bond donors (Lipinski definition) is 0.